The lowest BCUT2D eigenvalue weighted by Crippen LogP contribution is -2.28. The molecule has 0 spiro atoms. The van der Waals surface area contributed by atoms with Crippen LogP contribution < -0.4 is 0 Å². The molecule has 0 aromatic heterocycles. The van der Waals surface area contributed by atoms with E-state index in [-0.39, 0.29) is 0 Å². The lowest BCUT2D eigenvalue weighted by molar-refractivity contribution is 0.302. The number of likely N-dealkylation sites (tertiary alicyclic amines) is 1. The maximum atomic E-state index is 12.2. The van der Waals surface area contributed by atoms with Crippen LogP contribution in [0.25, 0.3) is 0 Å². The van der Waals surface area contributed by atoms with Crippen molar-refractivity contribution in [1.29, 1.82) is 0 Å². The average Bonchev–Trinajstić information content (AvgIpc) is 2.65. The molecule has 0 radical (unpaired) electrons. The van der Waals surface area contributed by atoms with Crippen LogP contribution in [0.4, 0.5) is 0 Å². The Morgan fingerprint density at radius 1 is 1.06 bits per heavy atom. The molecule has 2 rings (SSSR count). The van der Waals surface area contributed by atoms with Gasteiger partial charge in [-0.3, -0.25) is 4.21 Å². The minimum absolute atomic E-state index is 0.767. The second-order valence-corrected chi connectivity index (χ2v) is 6.69. The lowest BCUT2D eigenvalue weighted by Gasteiger charge is -2.19. The first kappa shape index (κ1) is 13.8. The SMILES string of the molecule is Cc1ccc([S@](=O)CCN2CCCCCC2)cc1. The molecule has 100 valence electrons. The maximum absolute atomic E-state index is 12.2. The Labute approximate surface area is 113 Å². The van der Waals surface area contributed by atoms with Crippen molar-refractivity contribution in [2.24, 2.45) is 0 Å². The summed E-state index contributed by atoms with van der Waals surface area (Å²) in [7, 11) is -0.841. The zero-order valence-corrected chi connectivity index (χ0v) is 12.0. The first-order chi connectivity index (χ1) is 8.75. The van der Waals surface area contributed by atoms with E-state index in [2.05, 4.69) is 11.8 Å². The molecular formula is C15H23NOS. The normalized spacial score (nSPS) is 19.4. The highest BCUT2D eigenvalue weighted by molar-refractivity contribution is 7.85. The Bertz CT molecular complexity index is 380. The molecule has 18 heavy (non-hydrogen) atoms. The van der Waals surface area contributed by atoms with Crippen molar-refractivity contribution in [2.45, 2.75) is 37.5 Å². The summed E-state index contributed by atoms with van der Waals surface area (Å²) in [5.41, 5.74) is 1.23. The van der Waals surface area contributed by atoms with Crippen LogP contribution in [0.15, 0.2) is 29.2 Å². The molecule has 0 aliphatic carbocycles. The predicted octanol–water partition coefficient (Wildman–Crippen LogP) is 2.98. The Morgan fingerprint density at radius 3 is 2.28 bits per heavy atom. The van der Waals surface area contributed by atoms with E-state index < -0.39 is 10.8 Å². The molecule has 1 heterocycles. The van der Waals surface area contributed by atoms with E-state index in [1.807, 2.05) is 24.3 Å². The number of rotatable bonds is 4. The van der Waals surface area contributed by atoms with Gasteiger partial charge >= 0.3 is 0 Å². The number of hydrogen-bond acceptors (Lipinski definition) is 2. The van der Waals surface area contributed by atoms with Gasteiger partial charge in [-0.25, -0.2) is 0 Å². The Morgan fingerprint density at radius 2 is 1.67 bits per heavy atom. The third-order valence-corrected chi connectivity index (χ3v) is 4.93. The minimum atomic E-state index is -0.841. The van der Waals surface area contributed by atoms with E-state index in [0.717, 1.165) is 17.2 Å². The van der Waals surface area contributed by atoms with E-state index in [9.17, 15) is 4.21 Å². The summed E-state index contributed by atoms with van der Waals surface area (Å²) >= 11 is 0. The zero-order valence-electron chi connectivity index (χ0n) is 11.2. The molecular weight excluding hydrogens is 242 g/mol. The number of nitrogens with zero attached hydrogens (tertiary/aromatic N) is 1. The molecule has 1 fully saturated rings. The Kier molecular flexibility index (Phi) is 5.39. The molecule has 3 heteroatoms. The van der Waals surface area contributed by atoms with Crippen molar-refractivity contribution in [3.05, 3.63) is 29.8 Å². The van der Waals surface area contributed by atoms with E-state index in [0.29, 0.717) is 0 Å². The molecule has 0 amide bonds. The molecule has 1 atom stereocenters. The van der Waals surface area contributed by atoms with Crippen molar-refractivity contribution in [2.75, 3.05) is 25.4 Å². The fraction of sp³-hybridized carbons (Fsp3) is 0.600. The van der Waals surface area contributed by atoms with Gasteiger partial charge in [0.25, 0.3) is 0 Å². The summed E-state index contributed by atoms with van der Waals surface area (Å²) < 4.78 is 12.2. The van der Waals surface area contributed by atoms with E-state index in [1.54, 1.807) is 0 Å². The summed E-state index contributed by atoms with van der Waals surface area (Å²) in [6.07, 6.45) is 5.32. The van der Waals surface area contributed by atoms with Crippen LogP contribution in [0.2, 0.25) is 0 Å². The zero-order chi connectivity index (χ0) is 12.8. The quantitative estimate of drug-likeness (QED) is 0.834. The topological polar surface area (TPSA) is 20.3 Å². The first-order valence-corrected chi connectivity index (χ1v) is 8.25. The molecule has 0 saturated carbocycles. The maximum Gasteiger partial charge on any atom is 0.0542 e. The van der Waals surface area contributed by atoms with Crippen molar-refractivity contribution in [3.8, 4) is 0 Å². The molecule has 1 aromatic rings. The predicted molar refractivity (Wildman–Crippen MR) is 77.4 cm³/mol. The van der Waals surface area contributed by atoms with E-state index in [1.165, 1.54) is 44.3 Å². The molecule has 0 unspecified atom stereocenters. The third-order valence-electron chi connectivity index (χ3n) is 3.58. The van der Waals surface area contributed by atoms with Crippen molar-refractivity contribution >= 4 is 10.8 Å². The van der Waals surface area contributed by atoms with Crippen LogP contribution in [0.1, 0.15) is 31.2 Å². The third kappa shape index (κ3) is 4.21. The fourth-order valence-corrected chi connectivity index (χ4v) is 3.48. The van der Waals surface area contributed by atoms with Crippen LogP contribution in [0.3, 0.4) is 0 Å². The van der Waals surface area contributed by atoms with Gasteiger partial charge in [0, 0.05) is 17.2 Å². The Hall–Kier alpha value is -0.670. The first-order valence-electron chi connectivity index (χ1n) is 6.93. The Balaban J connectivity index is 1.82. The summed E-state index contributed by atoms with van der Waals surface area (Å²) in [5, 5.41) is 0. The van der Waals surface area contributed by atoms with Gasteiger partial charge in [-0.15, -0.1) is 0 Å². The van der Waals surface area contributed by atoms with Gasteiger partial charge in [-0.05, 0) is 45.0 Å². The lowest BCUT2D eigenvalue weighted by atomic mass is 10.2. The van der Waals surface area contributed by atoms with Gasteiger partial charge in [0.15, 0.2) is 0 Å². The smallest absolute Gasteiger partial charge is 0.0542 e. The summed E-state index contributed by atoms with van der Waals surface area (Å²) in [6, 6.07) is 8.07. The monoisotopic (exact) mass is 265 g/mol. The van der Waals surface area contributed by atoms with Crippen LogP contribution in [0, 0.1) is 6.92 Å². The summed E-state index contributed by atoms with van der Waals surface area (Å²) in [4.78, 5) is 3.44. The van der Waals surface area contributed by atoms with Gasteiger partial charge in [0.1, 0.15) is 0 Å². The van der Waals surface area contributed by atoms with Crippen LogP contribution >= 0.6 is 0 Å². The largest absolute Gasteiger partial charge is 0.302 e. The minimum Gasteiger partial charge on any atom is -0.302 e. The van der Waals surface area contributed by atoms with Crippen molar-refractivity contribution in [1.82, 2.24) is 4.90 Å². The second kappa shape index (κ2) is 7.05. The highest BCUT2D eigenvalue weighted by atomic mass is 32.2. The average molecular weight is 265 g/mol. The molecule has 0 bridgehead atoms. The highest BCUT2D eigenvalue weighted by Gasteiger charge is 2.11. The molecule has 1 aromatic carbocycles. The number of benzene rings is 1. The summed E-state index contributed by atoms with van der Waals surface area (Å²) in [6.45, 7) is 5.40. The highest BCUT2D eigenvalue weighted by Crippen LogP contribution is 2.11. The van der Waals surface area contributed by atoms with Gasteiger partial charge in [-0.1, -0.05) is 30.5 Å². The van der Waals surface area contributed by atoms with Crippen LogP contribution in [-0.2, 0) is 10.8 Å². The van der Waals surface area contributed by atoms with Gasteiger partial charge in [0.2, 0.25) is 0 Å². The molecule has 0 N–H and O–H groups in total. The van der Waals surface area contributed by atoms with Crippen molar-refractivity contribution < 1.29 is 4.21 Å². The molecule has 1 aliphatic heterocycles. The molecule has 1 saturated heterocycles. The van der Waals surface area contributed by atoms with E-state index >= 15 is 0 Å². The number of hydrogen-bond donors (Lipinski definition) is 0. The van der Waals surface area contributed by atoms with Crippen molar-refractivity contribution in [3.63, 3.8) is 0 Å². The van der Waals surface area contributed by atoms with Crippen LogP contribution in [-0.4, -0.2) is 34.5 Å². The van der Waals surface area contributed by atoms with Gasteiger partial charge in [-0.2, -0.15) is 0 Å². The number of aryl methyl sites for hydroxylation is 1. The van der Waals surface area contributed by atoms with E-state index in [4.69, 9.17) is 0 Å². The molecule has 2 nitrogen and oxygen atoms in total. The standard InChI is InChI=1S/C15H23NOS/c1-14-6-8-15(9-7-14)18(17)13-12-16-10-4-2-3-5-11-16/h6-9H,2-5,10-13H2,1H3/t18-/m1/s1. The fourth-order valence-electron chi connectivity index (χ4n) is 2.38. The van der Waals surface area contributed by atoms with Gasteiger partial charge < -0.3 is 4.90 Å². The van der Waals surface area contributed by atoms with Crippen LogP contribution in [0.5, 0.6) is 0 Å². The molecule has 1 aliphatic rings. The summed E-state index contributed by atoms with van der Waals surface area (Å²) in [5.74, 6) is 0.767. The van der Waals surface area contributed by atoms with Gasteiger partial charge in [0.05, 0.1) is 10.8 Å². The second-order valence-electron chi connectivity index (χ2n) is 5.12.